The Labute approximate surface area is 131 Å². The largest absolute Gasteiger partial charge is 0.395 e. The molecular formula is C18H24N2O2. The van der Waals surface area contributed by atoms with Crippen LogP contribution >= 0.6 is 0 Å². The van der Waals surface area contributed by atoms with Gasteiger partial charge in [0.25, 0.3) is 0 Å². The van der Waals surface area contributed by atoms with Gasteiger partial charge in [0, 0.05) is 18.0 Å². The lowest BCUT2D eigenvalue weighted by molar-refractivity contribution is 0.133. The Kier molecular flexibility index (Phi) is 6.10. The summed E-state index contributed by atoms with van der Waals surface area (Å²) in [5.41, 5.74) is 14.1. The first-order chi connectivity index (χ1) is 10.6. The molecule has 6 N–H and O–H groups in total. The van der Waals surface area contributed by atoms with Gasteiger partial charge in [-0.3, -0.25) is 0 Å². The van der Waals surface area contributed by atoms with E-state index in [1.807, 2.05) is 60.7 Å². The van der Waals surface area contributed by atoms with Gasteiger partial charge in [-0.1, -0.05) is 60.7 Å². The van der Waals surface area contributed by atoms with Crippen LogP contribution in [0.2, 0.25) is 0 Å². The summed E-state index contributed by atoms with van der Waals surface area (Å²) >= 11 is 0. The van der Waals surface area contributed by atoms with Crippen LogP contribution in [0.5, 0.6) is 0 Å². The van der Waals surface area contributed by atoms with Crippen molar-refractivity contribution in [3.63, 3.8) is 0 Å². The minimum Gasteiger partial charge on any atom is -0.395 e. The molecule has 4 heteroatoms. The minimum atomic E-state index is -0.752. The van der Waals surface area contributed by atoms with Crippen LogP contribution in [0.1, 0.15) is 29.6 Å². The fraction of sp³-hybridized carbons (Fsp3) is 0.333. The lowest BCUT2D eigenvalue weighted by atomic mass is 9.84. The van der Waals surface area contributed by atoms with Gasteiger partial charge in [-0.25, -0.2) is 0 Å². The molecule has 0 radical (unpaired) electrons. The number of aliphatic hydroxyl groups excluding tert-OH is 2. The van der Waals surface area contributed by atoms with Crippen molar-refractivity contribution in [1.29, 1.82) is 0 Å². The average molecular weight is 300 g/mol. The van der Waals surface area contributed by atoms with Gasteiger partial charge in [-0.2, -0.15) is 0 Å². The minimum absolute atomic E-state index is 0.0976. The third-order valence-corrected chi connectivity index (χ3v) is 4.03. The molecule has 0 saturated carbocycles. The SMILES string of the molecule is NC(CC(c1ccccc1)C(N)CO)C(O)c1ccccc1. The topological polar surface area (TPSA) is 92.5 Å². The van der Waals surface area contributed by atoms with Crippen molar-refractivity contribution in [2.75, 3.05) is 6.61 Å². The molecule has 4 nitrogen and oxygen atoms in total. The monoisotopic (exact) mass is 300 g/mol. The summed E-state index contributed by atoms with van der Waals surface area (Å²) in [6, 6.07) is 18.3. The predicted octanol–water partition coefficient (Wildman–Crippen LogP) is 1.54. The fourth-order valence-electron chi connectivity index (χ4n) is 2.71. The van der Waals surface area contributed by atoms with Crippen LogP contribution < -0.4 is 11.5 Å². The number of nitrogens with two attached hydrogens (primary N) is 2. The molecular weight excluding hydrogens is 276 g/mol. The predicted molar refractivity (Wildman–Crippen MR) is 88.2 cm³/mol. The summed E-state index contributed by atoms with van der Waals surface area (Å²) in [5, 5.41) is 19.8. The molecule has 0 spiro atoms. The highest BCUT2D eigenvalue weighted by Gasteiger charge is 2.26. The van der Waals surface area contributed by atoms with Gasteiger partial charge in [0.2, 0.25) is 0 Å². The van der Waals surface area contributed by atoms with E-state index in [-0.39, 0.29) is 12.5 Å². The summed E-state index contributed by atoms with van der Waals surface area (Å²) in [4.78, 5) is 0. The lowest BCUT2D eigenvalue weighted by Crippen LogP contribution is -2.38. The maximum atomic E-state index is 10.4. The Balaban J connectivity index is 2.13. The molecule has 118 valence electrons. The molecule has 2 rings (SSSR count). The summed E-state index contributed by atoms with van der Waals surface area (Å²) in [7, 11) is 0. The molecule has 4 atom stereocenters. The zero-order chi connectivity index (χ0) is 15.9. The van der Waals surface area contributed by atoms with E-state index in [1.165, 1.54) is 0 Å². The van der Waals surface area contributed by atoms with Gasteiger partial charge >= 0.3 is 0 Å². The highest BCUT2D eigenvalue weighted by atomic mass is 16.3. The third kappa shape index (κ3) is 4.15. The van der Waals surface area contributed by atoms with E-state index in [1.54, 1.807) is 0 Å². The summed E-state index contributed by atoms with van der Waals surface area (Å²) in [5.74, 6) is -0.0976. The van der Waals surface area contributed by atoms with Crippen molar-refractivity contribution in [3.8, 4) is 0 Å². The molecule has 2 aromatic carbocycles. The van der Waals surface area contributed by atoms with Crippen molar-refractivity contribution in [2.45, 2.75) is 30.5 Å². The van der Waals surface area contributed by atoms with Crippen LogP contribution in [0.3, 0.4) is 0 Å². The number of aliphatic hydroxyl groups is 2. The first kappa shape index (κ1) is 16.6. The Morgan fingerprint density at radius 3 is 1.77 bits per heavy atom. The summed E-state index contributed by atoms with van der Waals surface area (Å²) in [6.07, 6.45) is -0.250. The Morgan fingerprint density at radius 2 is 1.27 bits per heavy atom. The van der Waals surface area contributed by atoms with E-state index in [4.69, 9.17) is 11.5 Å². The molecule has 2 aromatic rings. The smallest absolute Gasteiger partial charge is 0.0941 e. The molecule has 0 heterocycles. The van der Waals surface area contributed by atoms with E-state index >= 15 is 0 Å². The second-order valence-electron chi connectivity index (χ2n) is 5.62. The van der Waals surface area contributed by atoms with Gasteiger partial charge in [-0.15, -0.1) is 0 Å². The average Bonchev–Trinajstić information content (AvgIpc) is 2.59. The molecule has 0 saturated heterocycles. The van der Waals surface area contributed by atoms with Crippen LogP contribution in [-0.4, -0.2) is 28.9 Å². The van der Waals surface area contributed by atoms with Crippen LogP contribution in [0, 0.1) is 0 Å². The van der Waals surface area contributed by atoms with Gasteiger partial charge < -0.3 is 21.7 Å². The first-order valence-electron chi connectivity index (χ1n) is 7.53. The van der Waals surface area contributed by atoms with Crippen molar-refractivity contribution < 1.29 is 10.2 Å². The van der Waals surface area contributed by atoms with Gasteiger partial charge in [-0.05, 0) is 17.5 Å². The second-order valence-corrected chi connectivity index (χ2v) is 5.62. The molecule has 0 aromatic heterocycles. The molecule has 22 heavy (non-hydrogen) atoms. The molecule has 0 aliphatic rings. The quantitative estimate of drug-likeness (QED) is 0.624. The molecule has 0 aliphatic carbocycles. The number of benzene rings is 2. The van der Waals surface area contributed by atoms with E-state index in [9.17, 15) is 10.2 Å². The highest BCUT2D eigenvalue weighted by Crippen LogP contribution is 2.28. The van der Waals surface area contributed by atoms with E-state index in [0.717, 1.165) is 11.1 Å². The standard InChI is InChI=1S/C18H24N2O2/c19-16(18(22)14-9-5-2-6-10-14)11-15(17(20)12-21)13-7-3-1-4-8-13/h1-10,15-18,21-22H,11-12,19-20H2. The number of hydrogen-bond acceptors (Lipinski definition) is 4. The van der Waals surface area contributed by atoms with Gasteiger partial charge in [0.15, 0.2) is 0 Å². The van der Waals surface area contributed by atoms with Crippen LogP contribution in [0.25, 0.3) is 0 Å². The molecule has 4 unspecified atom stereocenters. The fourth-order valence-corrected chi connectivity index (χ4v) is 2.71. The number of hydrogen-bond donors (Lipinski definition) is 4. The van der Waals surface area contributed by atoms with Gasteiger partial charge in [0.1, 0.15) is 0 Å². The molecule has 0 aliphatic heterocycles. The van der Waals surface area contributed by atoms with E-state index in [0.29, 0.717) is 6.42 Å². The molecule has 0 fully saturated rings. The van der Waals surface area contributed by atoms with Crippen LogP contribution in [0.15, 0.2) is 60.7 Å². The maximum Gasteiger partial charge on any atom is 0.0941 e. The van der Waals surface area contributed by atoms with Crippen molar-refractivity contribution >= 4 is 0 Å². The zero-order valence-corrected chi connectivity index (χ0v) is 12.5. The first-order valence-corrected chi connectivity index (χ1v) is 7.53. The summed E-state index contributed by atoms with van der Waals surface area (Å²) < 4.78 is 0. The Hall–Kier alpha value is -1.72. The Bertz CT molecular complexity index is 548. The van der Waals surface area contributed by atoms with Gasteiger partial charge in [0.05, 0.1) is 12.7 Å². The maximum absolute atomic E-state index is 10.4. The van der Waals surface area contributed by atoms with E-state index in [2.05, 4.69) is 0 Å². The third-order valence-electron chi connectivity index (χ3n) is 4.03. The summed E-state index contributed by atoms with van der Waals surface area (Å²) in [6.45, 7) is -0.117. The zero-order valence-electron chi connectivity index (χ0n) is 12.5. The Morgan fingerprint density at radius 1 is 0.773 bits per heavy atom. The highest BCUT2D eigenvalue weighted by molar-refractivity contribution is 5.23. The molecule has 0 amide bonds. The lowest BCUT2D eigenvalue weighted by Gasteiger charge is -2.28. The van der Waals surface area contributed by atoms with Crippen LogP contribution in [0.4, 0.5) is 0 Å². The van der Waals surface area contributed by atoms with Crippen molar-refractivity contribution in [1.82, 2.24) is 0 Å². The van der Waals surface area contributed by atoms with Crippen molar-refractivity contribution in [2.24, 2.45) is 11.5 Å². The molecule has 0 bridgehead atoms. The number of rotatable bonds is 7. The normalized spacial score (nSPS) is 16.7. The second kappa shape index (κ2) is 8.06. The van der Waals surface area contributed by atoms with Crippen LogP contribution in [-0.2, 0) is 0 Å². The van der Waals surface area contributed by atoms with Crippen molar-refractivity contribution in [3.05, 3.63) is 71.8 Å². The van der Waals surface area contributed by atoms with E-state index < -0.39 is 18.2 Å².